The molecule has 0 saturated carbocycles. The van der Waals surface area contributed by atoms with Crippen molar-refractivity contribution < 1.29 is 10.2 Å². The summed E-state index contributed by atoms with van der Waals surface area (Å²) in [6.45, 7) is 8.75. The van der Waals surface area contributed by atoms with Crippen molar-refractivity contribution in [3.8, 4) is 11.5 Å². The first kappa shape index (κ1) is 15.8. The summed E-state index contributed by atoms with van der Waals surface area (Å²) in [5, 5.41) is 18.9. The standard InChI is InChI=1S/C18H22O2S/c1-17(2,13-5-9-15(19)10-6-13)21-18(3,4)14-7-11-16(20)12-8-14/h5-12,19-20H,1-4H3. The van der Waals surface area contributed by atoms with Gasteiger partial charge in [0.05, 0.1) is 0 Å². The van der Waals surface area contributed by atoms with Crippen LogP contribution in [0.4, 0.5) is 0 Å². The van der Waals surface area contributed by atoms with Gasteiger partial charge in [0.25, 0.3) is 0 Å². The van der Waals surface area contributed by atoms with E-state index in [0.717, 1.165) is 0 Å². The zero-order valence-corrected chi connectivity index (χ0v) is 13.7. The van der Waals surface area contributed by atoms with Gasteiger partial charge in [-0.1, -0.05) is 24.3 Å². The quantitative estimate of drug-likeness (QED) is 0.835. The van der Waals surface area contributed by atoms with Crippen LogP contribution in [0.5, 0.6) is 11.5 Å². The molecule has 0 aliphatic heterocycles. The minimum Gasteiger partial charge on any atom is -0.508 e. The fraction of sp³-hybridized carbons (Fsp3) is 0.333. The number of thioether (sulfide) groups is 1. The summed E-state index contributed by atoms with van der Waals surface area (Å²) < 4.78 is -0.176. The van der Waals surface area contributed by atoms with Gasteiger partial charge in [-0.15, -0.1) is 11.8 Å². The van der Waals surface area contributed by atoms with E-state index >= 15 is 0 Å². The molecule has 3 heteroatoms. The highest BCUT2D eigenvalue weighted by molar-refractivity contribution is 8.01. The zero-order valence-electron chi connectivity index (χ0n) is 12.9. The second kappa shape index (κ2) is 5.64. The van der Waals surface area contributed by atoms with Gasteiger partial charge < -0.3 is 10.2 Å². The van der Waals surface area contributed by atoms with Crippen molar-refractivity contribution in [1.29, 1.82) is 0 Å². The van der Waals surface area contributed by atoms with Crippen LogP contribution >= 0.6 is 11.8 Å². The minimum absolute atomic E-state index is 0.0882. The molecule has 0 aliphatic carbocycles. The molecule has 2 nitrogen and oxygen atoms in total. The maximum absolute atomic E-state index is 9.43. The summed E-state index contributed by atoms with van der Waals surface area (Å²) in [5.74, 6) is 0.578. The van der Waals surface area contributed by atoms with Gasteiger partial charge in [-0.05, 0) is 63.1 Å². The van der Waals surface area contributed by atoms with Gasteiger partial charge in [0, 0.05) is 9.49 Å². The molecule has 0 aromatic heterocycles. The lowest BCUT2D eigenvalue weighted by Crippen LogP contribution is -2.22. The van der Waals surface area contributed by atoms with E-state index in [2.05, 4.69) is 27.7 Å². The van der Waals surface area contributed by atoms with Gasteiger partial charge in [-0.25, -0.2) is 0 Å². The molecular formula is C18H22O2S. The van der Waals surface area contributed by atoms with Crippen LogP contribution in [-0.2, 0) is 9.49 Å². The first-order valence-corrected chi connectivity index (χ1v) is 7.81. The molecule has 2 N–H and O–H groups in total. The minimum atomic E-state index is -0.0882. The number of rotatable bonds is 4. The maximum atomic E-state index is 9.43. The Morgan fingerprint density at radius 1 is 0.619 bits per heavy atom. The van der Waals surface area contributed by atoms with Crippen molar-refractivity contribution in [3.63, 3.8) is 0 Å². The summed E-state index contributed by atoms with van der Waals surface area (Å²) in [5.41, 5.74) is 2.36. The monoisotopic (exact) mass is 302 g/mol. The van der Waals surface area contributed by atoms with E-state index in [0.29, 0.717) is 0 Å². The van der Waals surface area contributed by atoms with Gasteiger partial charge in [0.2, 0.25) is 0 Å². The normalized spacial score (nSPS) is 12.4. The van der Waals surface area contributed by atoms with Crippen LogP contribution < -0.4 is 0 Å². The SMILES string of the molecule is CC(C)(SC(C)(C)c1ccc(O)cc1)c1ccc(O)cc1. The third-order valence-corrected chi connectivity index (χ3v) is 5.13. The van der Waals surface area contributed by atoms with Crippen LogP contribution in [0.3, 0.4) is 0 Å². The molecule has 0 unspecified atom stereocenters. The number of benzene rings is 2. The molecule has 0 fully saturated rings. The molecule has 21 heavy (non-hydrogen) atoms. The van der Waals surface area contributed by atoms with Crippen molar-refractivity contribution in [2.45, 2.75) is 37.2 Å². The predicted molar refractivity (Wildman–Crippen MR) is 89.9 cm³/mol. The fourth-order valence-electron chi connectivity index (χ4n) is 2.48. The molecule has 112 valence electrons. The number of aromatic hydroxyl groups is 2. The second-order valence-corrected chi connectivity index (χ2v) is 8.46. The van der Waals surface area contributed by atoms with E-state index in [1.165, 1.54) is 11.1 Å². The number of phenolic OH excluding ortho intramolecular Hbond substituents is 2. The second-order valence-electron chi connectivity index (χ2n) is 6.22. The Hall–Kier alpha value is -1.61. The molecule has 0 aliphatic rings. The Bertz CT molecular complexity index is 543. The van der Waals surface area contributed by atoms with E-state index in [4.69, 9.17) is 0 Å². The third-order valence-electron chi connectivity index (χ3n) is 3.64. The number of phenols is 2. The molecule has 2 aromatic rings. The van der Waals surface area contributed by atoms with E-state index in [-0.39, 0.29) is 21.0 Å². The van der Waals surface area contributed by atoms with E-state index in [9.17, 15) is 10.2 Å². The fourth-order valence-corrected chi connectivity index (χ4v) is 4.26. The molecule has 2 aromatic carbocycles. The summed E-state index contributed by atoms with van der Waals surface area (Å²) >= 11 is 1.86. The lowest BCUT2D eigenvalue weighted by Gasteiger charge is -2.35. The molecule has 0 saturated heterocycles. The average Bonchev–Trinajstić information content (AvgIpc) is 2.38. The topological polar surface area (TPSA) is 40.5 Å². The van der Waals surface area contributed by atoms with Crippen LogP contribution in [-0.4, -0.2) is 10.2 Å². The molecule has 0 atom stereocenters. The van der Waals surface area contributed by atoms with Crippen LogP contribution in [0, 0.1) is 0 Å². The summed E-state index contributed by atoms with van der Waals surface area (Å²) in [6.07, 6.45) is 0. The van der Waals surface area contributed by atoms with Gasteiger partial charge >= 0.3 is 0 Å². The van der Waals surface area contributed by atoms with Crippen molar-refractivity contribution in [3.05, 3.63) is 59.7 Å². The van der Waals surface area contributed by atoms with Crippen LogP contribution in [0.1, 0.15) is 38.8 Å². The highest BCUT2D eigenvalue weighted by atomic mass is 32.2. The zero-order chi connectivity index (χ0) is 15.7. The Morgan fingerprint density at radius 3 is 1.19 bits per heavy atom. The van der Waals surface area contributed by atoms with Crippen molar-refractivity contribution in [2.75, 3.05) is 0 Å². The van der Waals surface area contributed by atoms with Crippen LogP contribution in [0.2, 0.25) is 0 Å². The largest absolute Gasteiger partial charge is 0.508 e. The maximum Gasteiger partial charge on any atom is 0.115 e. The Kier molecular flexibility index (Phi) is 4.24. The molecule has 0 spiro atoms. The van der Waals surface area contributed by atoms with Gasteiger partial charge in [0.15, 0.2) is 0 Å². The first-order valence-electron chi connectivity index (χ1n) is 7.00. The predicted octanol–water partition coefficient (Wildman–Crippen LogP) is 5.00. The number of hydrogen-bond acceptors (Lipinski definition) is 3. The van der Waals surface area contributed by atoms with Gasteiger partial charge in [-0.3, -0.25) is 0 Å². The highest BCUT2D eigenvalue weighted by Gasteiger charge is 2.32. The molecular weight excluding hydrogens is 280 g/mol. The number of hydrogen-bond donors (Lipinski definition) is 2. The molecule has 2 rings (SSSR count). The molecule has 0 radical (unpaired) electrons. The van der Waals surface area contributed by atoms with Crippen molar-refractivity contribution in [2.24, 2.45) is 0 Å². The van der Waals surface area contributed by atoms with E-state index < -0.39 is 0 Å². The molecule has 0 heterocycles. The highest BCUT2D eigenvalue weighted by Crippen LogP contribution is 2.48. The lowest BCUT2D eigenvalue weighted by molar-refractivity contribution is 0.474. The lowest BCUT2D eigenvalue weighted by atomic mass is 10.0. The third kappa shape index (κ3) is 3.73. The van der Waals surface area contributed by atoms with Gasteiger partial charge in [-0.2, -0.15) is 0 Å². The first-order chi connectivity index (χ1) is 9.71. The average molecular weight is 302 g/mol. The smallest absolute Gasteiger partial charge is 0.115 e. The Balaban J connectivity index is 2.25. The van der Waals surface area contributed by atoms with E-state index in [1.54, 1.807) is 24.3 Å². The molecule has 0 amide bonds. The summed E-state index contributed by atoms with van der Waals surface area (Å²) in [4.78, 5) is 0. The summed E-state index contributed by atoms with van der Waals surface area (Å²) in [7, 11) is 0. The Morgan fingerprint density at radius 2 is 0.905 bits per heavy atom. The summed E-state index contributed by atoms with van der Waals surface area (Å²) in [6, 6.07) is 14.8. The van der Waals surface area contributed by atoms with Crippen LogP contribution in [0.25, 0.3) is 0 Å². The van der Waals surface area contributed by atoms with Gasteiger partial charge in [0.1, 0.15) is 11.5 Å². The van der Waals surface area contributed by atoms with Crippen molar-refractivity contribution >= 4 is 11.8 Å². The van der Waals surface area contributed by atoms with Crippen molar-refractivity contribution in [1.82, 2.24) is 0 Å². The molecule has 0 bridgehead atoms. The van der Waals surface area contributed by atoms with Crippen LogP contribution in [0.15, 0.2) is 48.5 Å². The van der Waals surface area contributed by atoms with E-state index in [1.807, 2.05) is 36.0 Å². The Labute approximate surface area is 130 Å².